The monoisotopic (exact) mass is 126 g/mol. The zero-order chi connectivity index (χ0) is 7.44. The van der Waals surface area contributed by atoms with E-state index < -0.39 is 0 Å². The molecule has 0 heteroatoms. The highest BCUT2D eigenvalue weighted by atomic mass is 14.1. The molecule has 0 nitrogen and oxygen atoms in total. The molecule has 0 saturated heterocycles. The van der Waals surface area contributed by atoms with Gasteiger partial charge in [-0.25, -0.2) is 0 Å². The summed E-state index contributed by atoms with van der Waals surface area (Å²) in [5.74, 6) is 1.35. The maximum absolute atomic E-state index is 4.02. The van der Waals surface area contributed by atoms with Gasteiger partial charge in [0.1, 0.15) is 0 Å². The van der Waals surface area contributed by atoms with Crippen LogP contribution in [0.15, 0.2) is 12.2 Å². The molecule has 0 bridgehead atoms. The van der Waals surface area contributed by atoms with Crippen LogP contribution in [-0.4, -0.2) is 0 Å². The highest BCUT2D eigenvalue weighted by Crippen LogP contribution is 2.19. The fourth-order valence-electron chi connectivity index (χ4n) is 0.831. The lowest BCUT2D eigenvalue weighted by atomic mass is 9.91. The Labute approximate surface area is 59.0 Å². The number of rotatable bonds is 3. The molecule has 54 valence electrons. The molecule has 0 aromatic carbocycles. The minimum Gasteiger partial charge on any atom is -0.0993 e. The van der Waals surface area contributed by atoms with Crippen LogP contribution < -0.4 is 0 Å². The Hall–Kier alpha value is -0.260. The minimum absolute atomic E-state index is 0.653. The molecular formula is C9H18. The van der Waals surface area contributed by atoms with Gasteiger partial charge >= 0.3 is 0 Å². The Morgan fingerprint density at radius 2 is 1.78 bits per heavy atom. The first kappa shape index (κ1) is 8.74. The van der Waals surface area contributed by atoms with Gasteiger partial charge < -0.3 is 0 Å². The largest absolute Gasteiger partial charge is 0.0993 e. The van der Waals surface area contributed by atoms with E-state index in [1.807, 2.05) is 0 Å². The van der Waals surface area contributed by atoms with Crippen molar-refractivity contribution in [2.24, 2.45) is 11.8 Å². The zero-order valence-corrected chi connectivity index (χ0v) is 7.07. The molecule has 0 aliphatic carbocycles. The van der Waals surface area contributed by atoms with Gasteiger partial charge in [-0.3, -0.25) is 0 Å². The second-order valence-electron chi connectivity index (χ2n) is 3.04. The Morgan fingerprint density at radius 1 is 1.33 bits per heavy atom. The van der Waals surface area contributed by atoms with Crippen molar-refractivity contribution in [2.45, 2.75) is 34.1 Å². The normalized spacial score (nSPS) is 13.9. The molecule has 0 amide bonds. The van der Waals surface area contributed by atoms with Gasteiger partial charge in [0.15, 0.2) is 0 Å². The van der Waals surface area contributed by atoms with E-state index in [1.165, 1.54) is 12.0 Å². The average molecular weight is 126 g/mol. The summed E-state index contributed by atoms with van der Waals surface area (Å²) in [6, 6.07) is 0. The van der Waals surface area contributed by atoms with Crippen LogP contribution in [0.3, 0.4) is 0 Å². The van der Waals surface area contributed by atoms with E-state index in [0.717, 1.165) is 0 Å². The zero-order valence-electron chi connectivity index (χ0n) is 7.07. The van der Waals surface area contributed by atoms with Crippen LogP contribution >= 0.6 is 0 Å². The topological polar surface area (TPSA) is 0 Å². The summed E-state index contributed by atoms with van der Waals surface area (Å²) in [4.78, 5) is 0. The maximum atomic E-state index is 4.02. The van der Waals surface area contributed by atoms with Crippen LogP contribution in [0, 0.1) is 11.8 Å². The van der Waals surface area contributed by atoms with Gasteiger partial charge in [0.05, 0.1) is 0 Å². The lowest BCUT2D eigenvalue weighted by Gasteiger charge is -2.15. The van der Waals surface area contributed by atoms with Crippen molar-refractivity contribution in [1.82, 2.24) is 0 Å². The average Bonchev–Trinajstić information content (AvgIpc) is 1.84. The molecule has 0 saturated carbocycles. The summed E-state index contributed by atoms with van der Waals surface area (Å²) in [6.07, 6.45) is 1.22. The van der Waals surface area contributed by atoms with Crippen molar-refractivity contribution >= 4 is 0 Å². The van der Waals surface area contributed by atoms with E-state index in [-0.39, 0.29) is 0 Å². The van der Waals surface area contributed by atoms with Crippen LogP contribution in [0.4, 0.5) is 0 Å². The Bertz CT molecular complexity index is 90.2. The first-order chi connectivity index (χ1) is 4.09. The summed E-state index contributed by atoms with van der Waals surface area (Å²) < 4.78 is 0. The van der Waals surface area contributed by atoms with Gasteiger partial charge in [0, 0.05) is 0 Å². The molecule has 0 rings (SSSR count). The van der Waals surface area contributed by atoms with Crippen LogP contribution in [0.25, 0.3) is 0 Å². The first-order valence-electron chi connectivity index (χ1n) is 3.78. The fourth-order valence-corrected chi connectivity index (χ4v) is 0.831. The van der Waals surface area contributed by atoms with E-state index in [4.69, 9.17) is 0 Å². The molecule has 0 aromatic heterocycles. The van der Waals surface area contributed by atoms with Crippen molar-refractivity contribution in [2.75, 3.05) is 0 Å². The first-order valence-corrected chi connectivity index (χ1v) is 3.78. The van der Waals surface area contributed by atoms with Gasteiger partial charge in [-0.05, 0) is 18.3 Å². The van der Waals surface area contributed by atoms with Crippen LogP contribution in [0.2, 0.25) is 0 Å². The maximum Gasteiger partial charge on any atom is -0.0234 e. The third-order valence-corrected chi connectivity index (χ3v) is 1.99. The predicted molar refractivity (Wildman–Crippen MR) is 43.4 cm³/mol. The van der Waals surface area contributed by atoms with Gasteiger partial charge in [0.25, 0.3) is 0 Å². The smallest absolute Gasteiger partial charge is 0.0234 e. The molecule has 0 aliphatic heterocycles. The van der Waals surface area contributed by atoms with Crippen LogP contribution in [-0.2, 0) is 0 Å². The molecule has 0 N–H and O–H groups in total. The molecule has 1 unspecified atom stereocenters. The highest BCUT2D eigenvalue weighted by molar-refractivity contribution is 5.01. The summed E-state index contributed by atoms with van der Waals surface area (Å²) >= 11 is 0. The van der Waals surface area contributed by atoms with Gasteiger partial charge in [-0.15, -0.1) is 0 Å². The van der Waals surface area contributed by atoms with E-state index >= 15 is 0 Å². The summed E-state index contributed by atoms with van der Waals surface area (Å²) in [5.41, 5.74) is 1.39. The van der Waals surface area contributed by atoms with Crippen molar-refractivity contribution in [1.29, 1.82) is 0 Å². The molecule has 0 radical (unpaired) electrons. The highest BCUT2D eigenvalue weighted by Gasteiger charge is 2.06. The molecule has 0 heterocycles. The van der Waals surface area contributed by atoms with Crippen molar-refractivity contribution in [3.8, 4) is 0 Å². The van der Waals surface area contributed by atoms with Crippen molar-refractivity contribution in [3.63, 3.8) is 0 Å². The standard InChI is InChI=1S/C9H18/c1-6-8(4)9(5)7(2)3/h7-8H,5-6H2,1-4H3. The number of hydrogen-bond donors (Lipinski definition) is 0. The molecule has 0 fully saturated rings. The van der Waals surface area contributed by atoms with Gasteiger partial charge in [-0.1, -0.05) is 39.8 Å². The molecule has 0 aromatic rings. The van der Waals surface area contributed by atoms with E-state index in [1.54, 1.807) is 0 Å². The van der Waals surface area contributed by atoms with Crippen molar-refractivity contribution in [3.05, 3.63) is 12.2 Å². The van der Waals surface area contributed by atoms with E-state index in [0.29, 0.717) is 11.8 Å². The Morgan fingerprint density at radius 3 is 1.89 bits per heavy atom. The van der Waals surface area contributed by atoms with Crippen LogP contribution in [0.5, 0.6) is 0 Å². The number of allylic oxidation sites excluding steroid dienone is 1. The minimum atomic E-state index is 0.653. The third-order valence-electron chi connectivity index (χ3n) is 1.99. The summed E-state index contributed by atoms with van der Waals surface area (Å²) in [6.45, 7) is 12.9. The van der Waals surface area contributed by atoms with Gasteiger partial charge in [0.2, 0.25) is 0 Å². The summed E-state index contributed by atoms with van der Waals surface area (Å²) in [5, 5.41) is 0. The number of hydrogen-bond acceptors (Lipinski definition) is 0. The predicted octanol–water partition coefficient (Wildman–Crippen LogP) is 3.24. The molecule has 0 aliphatic rings. The molecular weight excluding hydrogens is 108 g/mol. The lowest BCUT2D eigenvalue weighted by Crippen LogP contribution is -2.02. The third kappa shape index (κ3) is 2.69. The van der Waals surface area contributed by atoms with E-state index in [9.17, 15) is 0 Å². The van der Waals surface area contributed by atoms with Crippen LogP contribution in [0.1, 0.15) is 34.1 Å². The summed E-state index contributed by atoms with van der Waals surface area (Å²) in [7, 11) is 0. The second kappa shape index (κ2) is 3.71. The molecule has 0 spiro atoms. The Kier molecular flexibility index (Phi) is 3.60. The quantitative estimate of drug-likeness (QED) is 0.509. The van der Waals surface area contributed by atoms with Gasteiger partial charge in [-0.2, -0.15) is 0 Å². The van der Waals surface area contributed by atoms with E-state index in [2.05, 4.69) is 34.3 Å². The second-order valence-corrected chi connectivity index (χ2v) is 3.04. The molecule has 1 atom stereocenters. The lowest BCUT2D eigenvalue weighted by molar-refractivity contribution is 0.571. The van der Waals surface area contributed by atoms with Crippen molar-refractivity contribution < 1.29 is 0 Å². The SMILES string of the molecule is C=C(C(C)C)C(C)CC. The molecule has 9 heavy (non-hydrogen) atoms. The fraction of sp³-hybridized carbons (Fsp3) is 0.778. The Balaban J connectivity index is 3.73.